The van der Waals surface area contributed by atoms with E-state index in [9.17, 15) is 0 Å². The van der Waals surface area contributed by atoms with E-state index in [1.807, 2.05) is 36.4 Å². The molecular weight excluding hydrogens is 414 g/mol. The maximum absolute atomic E-state index is 5.22. The molecule has 0 aliphatic rings. The summed E-state index contributed by atoms with van der Waals surface area (Å²) < 4.78 is 7.41. The van der Waals surface area contributed by atoms with Crippen molar-refractivity contribution in [2.75, 3.05) is 7.11 Å². The third-order valence-corrected chi connectivity index (χ3v) is 6.72. The first kappa shape index (κ1) is 19.0. The zero-order valence-corrected chi connectivity index (χ0v) is 18.2. The fourth-order valence-electron chi connectivity index (χ4n) is 3.45. The summed E-state index contributed by atoms with van der Waals surface area (Å²) in [4.78, 5) is 9.55. The number of ether oxygens (including phenoxy) is 1. The third-order valence-electron chi connectivity index (χ3n) is 4.91. The van der Waals surface area contributed by atoms with Gasteiger partial charge in [-0.1, -0.05) is 30.0 Å². The minimum Gasteiger partial charge on any atom is -0.497 e. The minimum absolute atomic E-state index is 0.666. The summed E-state index contributed by atoms with van der Waals surface area (Å²) in [5.41, 5.74) is 4.97. The van der Waals surface area contributed by atoms with Crippen LogP contribution in [0.2, 0.25) is 0 Å². The quantitative estimate of drug-likeness (QED) is 0.333. The molecule has 3 heterocycles. The second kappa shape index (κ2) is 8.04. The van der Waals surface area contributed by atoms with Crippen molar-refractivity contribution in [1.82, 2.24) is 24.7 Å². The van der Waals surface area contributed by atoms with Crippen LogP contribution < -0.4 is 4.74 Å². The Kier molecular flexibility index (Phi) is 5.10. The van der Waals surface area contributed by atoms with Gasteiger partial charge >= 0.3 is 0 Å². The van der Waals surface area contributed by atoms with Gasteiger partial charge in [-0.2, -0.15) is 0 Å². The lowest BCUT2D eigenvalue weighted by atomic mass is 10.2. The number of thiazole rings is 1. The van der Waals surface area contributed by atoms with Crippen molar-refractivity contribution in [2.24, 2.45) is 0 Å². The van der Waals surface area contributed by atoms with Crippen LogP contribution in [-0.2, 0) is 12.3 Å². The average Bonchev–Trinajstić information content (AvgIpc) is 3.40. The molecule has 5 aromatic rings. The maximum Gasteiger partial charge on any atom is 0.211 e. The minimum atomic E-state index is 0.666. The van der Waals surface area contributed by atoms with Gasteiger partial charge < -0.3 is 9.30 Å². The van der Waals surface area contributed by atoms with Gasteiger partial charge in [0.15, 0.2) is 5.65 Å². The second-order valence-corrected chi connectivity index (χ2v) is 8.49. The Morgan fingerprint density at radius 3 is 2.67 bits per heavy atom. The van der Waals surface area contributed by atoms with Crippen molar-refractivity contribution >= 4 is 45.2 Å². The fourth-order valence-corrected chi connectivity index (χ4v) is 5.05. The first-order valence-electron chi connectivity index (χ1n) is 9.60. The number of para-hydroxylation sites is 1. The number of thioether (sulfide) groups is 1. The van der Waals surface area contributed by atoms with Crippen LogP contribution in [0.3, 0.4) is 0 Å². The summed E-state index contributed by atoms with van der Waals surface area (Å²) in [7, 11) is 1.67. The molecule has 0 spiro atoms. The molecule has 0 unspecified atom stereocenters. The molecule has 30 heavy (non-hydrogen) atoms. The van der Waals surface area contributed by atoms with E-state index < -0.39 is 0 Å². The fraction of sp³-hybridized carbons (Fsp3) is 0.182. The van der Waals surface area contributed by atoms with Crippen molar-refractivity contribution < 1.29 is 4.74 Å². The Morgan fingerprint density at radius 1 is 1.03 bits per heavy atom. The normalized spacial score (nSPS) is 11.4. The SMILES string of the molecule is CCn1c2ccccc2c2nnc(SCc3csc(-c4ccc(OC)cc4)n3)nc21. The van der Waals surface area contributed by atoms with Gasteiger partial charge in [0.25, 0.3) is 0 Å². The molecule has 0 saturated carbocycles. The molecular formula is C22H19N5OS2. The Morgan fingerprint density at radius 2 is 1.87 bits per heavy atom. The highest BCUT2D eigenvalue weighted by Crippen LogP contribution is 2.30. The zero-order chi connectivity index (χ0) is 20.5. The predicted octanol–water partition coefficient (Wildman–Crippen LogP) is 5.42. The van der Waals surface area contributed by atoms with E-state index in [-0.39, 0.29) is 0 Å². The highest BCUT2D eigenvalue weighted by Gasteiger charge is 2.14. The number of aromatic nitrogens is 5. The number of hydrogen-bond acceptors (Lipinski definition) is 7. The van der Waals surface area contributed by atoms with Gasteiger partial charge in [0, 0.05) is 28.6 Å². The molecule has 5 rings (SSSR count). The Labute approximate surface area is 182 Å². The van der Waals surface area contributed by atoms with E-state index in [1.165, 1.54) is 0 Å². The number of rotatable bonds is 6. The van der Waals surface area contributed by atoms with Crippen LogP contribution in [-0.4, -0.2) is 31.8 Å². The van der Waals surface area contributed by atoms with Gasteiger partial charge in [-0.25, -0.2) is 9.97 Å². The molecule has 0 amide bonds. The van der Waals surface area contributed by atoms with Gasteiger partial charge in [-0.15, -0.1) is 21.5 Å². The van der Waals surface area contributed by atoms with Crippen molar-refractivity contribution in [3.8, 4) is 16.3 Å². The van der Waals surface area contributed by atoms with Crippen LogP contribution in [0.5, 0.6) is 5.75 Å². The number of nitrogens with zero attached hydrogens (tertiary/aromatic N) is 5. The van der Waals surface area contributed by atoms with Crippen molar-refractivity contribution in [2.45, 2.75) is 24.4 Å². The van der Waals surface area contributed by atoms with Crippen molar-refractivity contribution in [3.63, 3.8) is 0 Å². The van der Waals surface area contributed by atoms with Crippen molar-refractivity contribution in [1.29, 1.82) is 0 Å². The molecule has 0 N–H and O–H groups in total. The van der Waals surface area contributed by atoms with Gasteiger partial charge in [0.1, 0.15) is 16.3 Å². The van der Waals surface area contributed by atoms with E-state index in [0.717, 1.165) is 50.6 Å². The van der Waals surface area contributed by atoms with E-state index >= 15 is 0 Å². The van der Waals surface area contributed by atoms with Gasteiger partial charge in [-0.3, -0.25) is 0 Å². The van der Waals surface area contributed by atoms with Crippen LogP contribution in [0.25, 0.3) is 32.6 Å². The topological polar surface area (TPSA) is 65.7 Å². The molecule has 0 aliphatic heterocycles. The molecule has 0 saturated heterocycles. The summed E-state index contributed by atoms with van der Waals surface area (Å²) in [6.07, 6.45) is 0. The molecule has 150 valence electrons. The second-order valence-electron chi connectivity index (χ2n) is 6.69. The van der Waals surface area contributed by atoms with E-state index in [0.29, 0.717) is 10.9 Å². The van der Waals surface area contributed by atoms with Crippen LogP contribution in [0.4, 0.5) is 0 Å². The van der Waals surface area contributed by atoms with Gasteiger partial charge in [0.2, 0.25) is 5.16 Å². The maximum atomic E-state index is 5.22. The molecule has 0 atom stereocenters. The average molecular weight is 434 g/mol. The van der Waals surface area contributed by atoms with Gasteiger partial charge in [0.05, 0.1) is 18.3 Å². The first-order valence-corrected chi connectivity index (χ1v) is 11.5. The third kappa shape index (κ3) is 3.42. The molecule has 2 aromatic carbocycles. The number of benzene rings is 2. The van der Waals surface area contributed by atoms with Crippen molar-refractivity contribution in [3.05, 3.63) is 59.6 Å². The van der Waals surface area contributed by atoms with Crippen LogP contribution in [0.1, 0.15) is 12.6 Å². The lowest BCUT2D eigenvalue weighted by Gasteiger charge is -2.02. The lowest BCUT2D eigenvalue weighted by Crippen LogP contribution is -1.98. The Hall–Kier alpha value is -2.97. The summed E-state index contributed by atoms with van der Waals surface area (Å²) in [6.45, 7) is 2.96. The summed E-state index contributed by atoms with van der Waals surface area (Å²) >= 11 is 3.20. The molecule has 8 heteroatoms. The van der Waals surface area contributed by atoms with E-state index in [4.69, 9.17) is 14.7 Å². The number of methoxy groups -OCH3 is 1. The lowest BCUT2D eigenvalue weighted by molar-refractivity contribution is 0.415. The Balaban J connectivity index is 1.37. The number of fused-ring (bicyclic) bond motifs is 3. The largest absolute Gasteiger partial charge is 0.497 e. The zero-order valence-electron chi connectivity index (χ0n) is 16.6. The van der Waals surface area contributed by atoms with Crippen LogP contribution in [0, 0.1) is 0 Å². The molecule has 0 bridgehead atoms. The molecule has 6 nitrogen and oxygen atoms in total. The van der Waals surface area contributed by atoms with Gasteiger partial charge in [-0.05, 0) is 37.3 Å². The molecule has 0 fully saturated rings. The number of aryl methyl sites for hydroxylation is 1. The summed E-state index contributed by atoms with van der Waals surface area (Å²) in [5.74, 6) is 1.54. The highest BCUT2D eigenvalue weighted by atomic mass is 32.2. The van der Waals surface area contributed by atoms with Crippen LogP contribution >= 0.6 is 23.1 Å². The standard InChI is InChI=1S/C22H19N5OS2/c1-3-27-18-7-5-4-6-17(18)19-20(27)24-22(26-25-19)30-13-15-12-29-21(23-15)14-8-10-16(28-2)11-9-14/h4-12H,3,13H2,1-2H3. The molecule has 0 aliphatic carbocycles. The highest BCUT2D eigenvalue weighted by molar-refractivity contribution is 7.98. The smallest absolute Gasteiger partial charge is 0.211 e. The molecule has 3 aromatic heterocycles. The summed E-state index contributed by atoms with van der Waals surface area (Å²) in [5, 5.41) is 13.7. The monoisotopic (exact) mass is 433 g/mol. The predicted molar refractivity (Wildman–Crippen MR) is 122 cm³/mol. The van der Waals surface area contributed by atoms with E-state index in [2.05, 4.69) is 39.2 Å². The van der Waals surface area contributed by atoms with E-state index in [1.54, 1.807) is 30.2 Å². The number of hydrogen-bond donors (Lipinski definition) is 0. The summed E-state index contributed by atoms with van der Waals surface area (Å²) in [6, 6.07) is 16.2. The Bertz CT molecular complexity index is 1330. The first-order chi connectivity index (χ1) is 14.8. The van der Waals surface area contributed by atoms with Crippen LogP contribution in [0.15, 0.2) is 59.1 Å². The molecule has 0 radical (unpaired) electrons.